The Balaban J connectivity index is 0.000000423. The lowest BCUT2D eigenvalue weighted by atomic mass is 9.87. The first-order valence-corrected chi connectivity index (χ1v) is 10.4. The minimum atomic E-state index is -5.08. The smallest absolute Gasteiger partial charge is 0.475 e. The molecule has 1 amide bonds. The fourth-order valence-corrected chi connectivity index (χ4v) is 4.20. The Morgan fingerprint density at radius 1 is 1.16 bits per heavy atom. The van der Waals surface area contributed by atoms with Crippen molar-refractivity contribution in [3.05, 3.63) is 35.4 Å². The van der Waals surface area contributed by atoms with E-state index in [1.54, 1.807) is 7.11 Å². The van der Waals surface area contributed by atoms with Gasteiger partial charge in [0.25, 0.3) is 0 Å². The number of aliphatic carboxylic acids is 1. The number of hydrogen-bond acceptors (Lipinski definition) is 4. The summed E-state index contributed by atoms with van der Waals surface area (Å²) in [5.41, 5.74) is 2.59. The number of amides is 1. The maximum atomic E-state index is 12.6. The van der Waals surface area contributed by atoms with Crippen LogP contribution in [0.3, 0.4) is 0 Å². The first-order chi connectivity index (χ1) is 14.6. The molecule has 31 heavy (non-hydrogen) atoms. The minimum absolute atomic E-state index is 0.0732. The van der Waals surface area contributed by atoms with Gasteiger partial charge in [-0.3, -0.25) is 4.79 Å². The molecular formula is C22H31F3N2O4. The molecular weight excluding hydrogens is 413 g/mol. The van der Waals surface area contributed by atoms with Crippen molar-refractivity contribution in [2.24, 2.45) is 0 Å². The number of rotatable bonds is 5. The van der Waals surface area contributed by atoms with Crippen molar-refractivity contribution in [3.8, 4) is 0 Å². The number of carboxylic acids is 1. The Morgan fingerprint density at radius 2 is 1.81 bits per heavy atom. The molecule has 0 saturated carbocycles. The van der Waals surface area contributed by atoms with Crippen LogP contribution in [0.25, 0.3) is 0 Å². The molecule has 1 unspecified atom stereocenters. The third-order valence-corrected chi connectivity index (χ3v) is 6.00. The molecule has 0 aliphatic carbocycles. The Kier molecular flexibility index (Phi) is 8.88. The molecule has 2 heterocycles. The van der Waals surface area contributed by atoms with Crippen molar-refractivity contribution in [2.45, 2.75) is 57.3 Å². The molecule has 2 saturated heterocycles. The van der Waals surface area contributed by atoms with E-state index in [2.05, 4.69) is 41.0 Å². The van der Waals surface area contributed by atoms with Crippen LogP contribution >= 0.6 is 0 Å². The number of halogens is 3. The average molecular weight is 444 g/mol. The van der Waals surface area contributed by atoms with E-state index in [1.165, 1.54) is 17.5 Å². The van der Waals surface area contributed by atoms with Crippen LogP contribution < -0.4 is 0 Å². The number of alkyl halides is 3. The second-order valence-corrected chi connectivity index (χ2v) is 8.18. The first-order valence-electron chi connectivity index (χ1n) is 10.4. The van der Waals surface area contributed by atoms with Crippen LogP contribution in [0.4, 0.5) is 13.2 Å². The zero-order chi connectivity index (χ0) is 23.1. The second-order valence-electron chi connectivity index (χ2n) is 8.18. The molecule has 2 aliphatic heterocycles. The van der Waals surface area contributed by atoms with Gasteiger partial charge >= 0.3 is 12.1 Å². The number of carboxylic acid groups (broad SMARTS) is 1. The van der Waals surface area contributed by atoms with Gasteiger partial charge in [-0.15, -0.1) is 0 Å². The Labute approximate surface area is 181 Å². The van der Waals surface area contributed by atoms with Crippen LogP contribution in [0.1, 0.15) is 43.2 Å². The number of benzene rings is 1. The lowest BCUT2D eigenvalue weighted by molar-refractivity contribution is -0.192. The van der Waals surface area contributed by atoms with E-state index >= 15 is 0 Å². The molecule has 0 aromatic heterocycles. The summed E-state index contributed by atoms with van der Waals surface area (Å²) in [6.45, 7) is 6.85. The van der Waals surface area contributed by atoms with E-state index in [4.69, 9.17) is 14.6 Å². The molecule has 1 aromatic rings. The van der Waals surface area contributed by atoms with Gasteiger partial charge in [0.1, 0.15) is 0 Å². The molecule has 1 atom stereocenters. The van der Waals surface area contributed by atoms with Gasteiger partial charge < -0.3 is 19.6 Å². The molecule has 0 bridgehead atoms. The van der Waals surface area contributed by atoms with E-state index in [-0.39, 0.29) is 5.54 Å². The maximum Gasteiger partial charge on any atom is 0.490 e. The second kappa shape index (κ2) is 10.9. The number of ether oxygens (including phenoxy) is 1. The summed E-state index contributed by atoms with van der Waals surface area (Å²) in [5.74, 6) is -2.42. The molecule has 174 valence electrons. The fourth-order valence-electron chi connectivity index (χ4n) is 4.20. The quantitative estimate of drug-likeness (QED) is 0.751. The summed E-state index contributed by atoms with van der Waals surface area (Å²) in [4.78, 5) is 26.2. The average Bonchev–Trinajstić information content (AvgIpc) is 2.88. The summed E-state index contributed by atoms with van der Waals surface area (Å²) >= 11 is 0. The normalized spacial score (nSPS) is 22.2. The van der Waals surface area contributed by atoms with Crippen LogP contribution in [0.2, 0.25) is 0 Å². The van der Waals surface area contributed by atoms with Crippen LogP contribution in [0.15, 0.2) is 24.3 Å². The number of carbonyl (C=O) groups excluding carboxylic acids is 1. The summed E-state index contributed by atoms with van der Waals surface area (Å²) in [7, 11) is 1.76. The zero-order valence-electron chi connectivity index (χ0n) is 18.1. The molecule has 9 heteroatoms. The van der Waals surface area contributed by atoms with Crippen molar-refractivity contribution in [1.82, 2.24) is 9.80 Å². The third kappa shape index (κ3) is 7.21. The SMILES string of the molecule is COCCN1CCCC2(CCC(=O)N2Cc2ccc(C)cc2)CC1.O=C(O)C(F)(F)F. The Morgan fingerprint density at radius 3 is 2.39 bits per heavy atom. The molecule has 1 aromatic carbocycles. The van der Waals surface area contributed by atoms with Crippen molar-refractivity contribution >= 4 is 11.9 Å². The van der Waals surface area contributed by atoms with Gasteiger partial charge in [-0.05, 0) is 44.7 Å². The summed E-state index contributed by atoms with van der Waals surface area (Å²) in [6, 6.07) is 8.61. The van der Waals surface area contributed by atoms with Gasteiger partial charge in [0.15, 0.2) is 0 Å². The molecule has 6 nitrogen and oxygen atoms in total. The lowest BCUT2D eigenvalue weighted by Gasteiger charge is -2.38. The molecule has 1 N–H and O–H groups in total. The van der Waals surface area contributed by atoms with Gasteiger partial charge in [0, 0.05) is 38.7 Å². The largest absolute Gasteiger partial charge is 0.490 e. The van der Waals surface area contributed by atoms with E-state index in [0.29, 0.717) is 12.3 Å². The standard InChI is InChI=1S/C20H30N2O2.C2HF3O2/c1-17-4-6-18(7-5-17)16-22-19(23)8-10-20(22)9-3-12-21(13-11-20)14-15-24-2;3-2(4,5)1(6)7/h4-7H,3,8-16H2,1-2H3;(H,6,7). The van der Waals surface area contributed by atoms with E-state index in [1.807, 2.05) is 0 Å². The predicted molar refractivity (Wildman–Crippen MR) is 110 cm³/mol. The van der Waals surface area contributed by atoms with Crippen molar-refractivity contribution in [3.63, 3.8) is 0 Å². The number of hydrogen-bond donors (Lipinski definition) is 1. The predicted octanol–water partition coefficient (Wildman–Crippen LogP) is 3.62. The summed E-state index contributed by atoms with van der Waals surface area (Å²) in [6.07, 6.45) is 0.0452. The highest BCUT2D eigenvalue weighted by molar-refractivity contribution is 5.79. The number of likely N-dealkylation sites (tertiary alicyclic amines) is 2. The van der Waals surface area contributed by atoms with E-state index in [9.17, 15) is 18.0 Å². The van der Waals surface area contributed by atoms with Crippen LogP contribution in [0, 0.1) is 6.92 Å². The molecule has 2 fully saturated rings. The highest BCUT2D eigenvalue weighted by Crippen LogP contribution is 2.40. The van der Waals surface area contributed by atoms with Gasteiger partial charge in [-0.2, -0.15) is 13.2 Å². The first kappa shape index (κ1) is 25.1. The summed E-state index contributed by atoms with van der Waals surface area (Å²) < 4.78 is 37.0. The van der Waals surface area contributed by atoms with Crippen LogP contribution in [-0.4, -0.2) is 71.8 Å². The minimum Gasteiger partial charge on any atom is -0.475 e. The monoisotopic (exact) mass is 444 g/mol. The Bertz CT molecular complexity index is 739. The van der Waals surface area contributed by atoms with Gasteiger partial charge in [-0.1, -0.05) is 29.8 Å². The van der Waals surface area contributed by atoms with Crippen molar-refractivity contribution in [2.75, 3.05) is 33.4 Å². The highest BCUT2D eigenvalue weighted by Gasteiger charge is 2.45. The third-order valence-electron chi connectivity index (χ3n) is 6.00. The lowest BCUT2D eigenvalue weighted by Crippen LogP contribution is -2.46. The van der Waals surface area contributed by atoms with E-state index < -0.39 is 12.1 Å². The number of carbonyl (C=O) groups is 2. The maximum absolute atomic E-state index is 12.6. The molecule has 2 aliphatic rings. The van der Waals surface area contributed by atoms with Crippen molar-refractivity contribution in [1.29, 1.82) is 0 Å². The molecule has 0 radical (unpaired) electrons. The molecule has 3 rings (SSSR count). The zero-order valence-corrected chi connectivity index (χ0v) is 18.1. The summed E-state index contributed by atoms with van der Waals surface area (Å²) in [5, 5.41) is 7.12. The Hall–Kier alpha value is -2.13. The number of aryl methyl sites for hydroxylation is 1. The van der Waals surface area contributed by atoms with Crippen LogP contribution in [-0.2, 0) is 20.9 Å². The van der Waals surface area contributed by atoms with Gasteiger partial charge in [-0.25, -0.2) is 4.79 Å². The highest BCUT2D eigenvalue weighted by atomic mass is 19.4. The topological polar surface area (TPSA) is 70.1 Å². The fraction of sp³-hybridized carbons (Fsp3) is 0.636. The number of nitrogens with zero attached hydrogens (tertiary/aromatic N) is 2. The van der Waals surface area contributed by atoms with E-state index in [0.717, 1.165) is 52.0 Å². The van der Waals surface area contributed by atoms with Crippen LogP contribution in [0.5, 0.6) is 0 Å². The molecule has 1 spiro atoms. The number of methoxy groups -OCH3 is 1. The van der Waals surface area contributed by atoms with Gasteiger partial charge in [0.2, 0.25) is 5.91 Å². The van der Waals surface area contributed by atoms with Crippen molar-refractivity contribution < 1.29 is 32.6 Å². The van der Waals surface area contributed by atoms with Gasteiger partial charge in [0.05, 0.1) is 6.61 Å².